The highest BCUT2D eigenvalue weighted by Gasteiger charge is 2.66. The molecule has 4 aliphatic rings. The average Bonchev–Trinajstić information content (AvgIpc) is 2.67. The van der Waals surface area contributed by atoms with Crippen molar-refractivity contribution in [3.8, 4) is 0 Å². The monoisotopic (exact) mass is 268 g/mol. The standard InChI is InChI=1S/C13H16O6/c1-5(14)18-10-6-3-4-7-9(8(6)12(15)17-2)13(16)19-11(7)10/h6-11H,3-4H2,1-2H3. The maximum Gasteiger partial charge on any atom is 0.310 e. The Labute approximate surface area is 110 Å². The molecule has 0 aromatic carbocycles. The van der Waals surface area contributed by atoms with Crippen molar-refractivity contribution in [1.29, 1.82) is 0 Å². The molecule has 1 aliphatic heterocycles. The van der Waals surface area contributed by atoms with Crippen molar-refractivity contribution in [1.82, 2.24) is 0 Å². The molecular weight excluding hydrogens is 252 g/mol. The van der Waals surface area contributed by atoms with Gasteiger partial charge in [-0.2, -0.15) is 0 Å². The van der Waals surface area contributed by atoms with E-state index in [4.69, 9.17) is 14.2 Å². The van der Waals surface area contributed by atoms with Crippen LogP contribution in [0.1, 0.15) is 19.8 Å². The molecule has 4 rings (SSSR count). The number of hydrogen-bond acceptors (Lipinski definition) is 6. The Hall–Kier alpha value is -1.59. The van der Waals surface area contributed by atoms with Crippen LogP contribution in [0.2, 0.25) is 0 Å². The lowest BCUT2D eigenvalue weighted by atomic mass is 9.57. The van der Waals surface area contributed by atoms with Gasteiger partial charge in [-0.05, 0) is 12.8 Å². The van der Waals surface area contributed by atoms with Crippen LogP contribution in [-0.4, -0.2) is 37.2 Å². The third kappa shape index (κ3) is 1.65. The van der Waals surface area contributed by atoms with E-state index in [0.29, 0.717) is 0 Å². The van der Waals surface area contributed by atoms with Crippen molar-refractivity contribution in [2.24, 2.45) is 23.7 Å². The number of hydrogen-bond donors (Lipinski definition) is 0. The van der Waals surface area contributed by atoms with Gasteiger partial charge in [-0.3, -0.25) is 14.4 Å². The first kappa shape index (κ1) is 12.4. The molecule has 6 unspecified atom stereocenters. The number of carbonyl (C=O) groups is 3. The molecule has 1 saturated heterocycles. The van der Waals surface area contributed by atoms with E-state index in [9.17, 15) is 14.4 Å². The van der Waals surface area contributed by atoms with Crippen molar-refractivity contribution in [2.45, 2.75) is 32.0 Å². The molecule has 6 nitrogen and oxygen atoms in total. The molecule has 19 heavy (non-hydrogen) atoms. The summed E-state index contributed by atoms with van der Waals surface area (Å²) in [6.45, 7) is 1.32. The minimum Gasteiger partial charge on any atom is -0.469 e. The molecule has 104 valence electrons. The van der Waals surface area contributed by atoms with E-state index in [0.717, 1.165) is 12.8 Å². The number of carbonyl (C=O) groups excluding carboxylic acids is 3. The van der Waals surface area contributed by atoms with Crippen LogP contribution in [0.3, 0.4) is 0 Å². The van der Waals surface area contributed by atoms with Crippen LogP contribution in [0, 0.1) is 23.7 Å². The predicted octanol–water partition coefficient (Wildman–Crippen LogP) is 0.289. The van der Waals surface area contributed by atoms with Crippen LogP contribution in [0.15, 0.2) is 0 Å². The van der Waals surface area contributed by atoms with Gasteiger partial charge in [0, 0.05) is 18.8 Å². The number of esters is 3. The molecule has 4 bridgehead atoms. The van der Waals surface area contributed by atoms with Gasteiger partial charge in [0.15, 0.2) is 0 Å². The minimum atomic E-state index is -0.542. The SMILES string of the molecule is COC(=O)C1C2CCC3C(OC(=O)C31)C2OC(C)=O. The number of ether oxygens (including phenoxy) is 3. The first-order valence-electron chi connectivity index (χ1n) is 6.50. The van der Waals surface area contributed by atoms with Gasteiger partial charge in [-0.15, -0.1) is 0 Å². The highest BCUT2D eigenvalue weighted by atomic mass is 16.6. The zero-order chi connectivity index (χ0) is 13.7. The molecule has 6 atom stereocenters. The highest BCUT2D eigenvalue weighted by Crippen LogP contribution is 2.55. The molecule has 0 amide bonds. The van der Waals surface area contributed by atoms with Gasteiger partial charge in [0.05, 0.1) is 18.9 Å². The molecule has 3 saturated carbocycles. The number of methoxy groups -OCH3 is 1. The van der Waals surface area contributed by atoms with Crippen LogP contribution in [-0.2, 0) is 28.6 Å². The third-order valence-electron chi connectivity index (χ3n) is 4.61. The average molecular weight is 268 g/mol. The molecular formula is C13H16O6. The maximum absolute atomic E-state index is 12.0. The van der Waals surface area contributed by atoms with E-state index >= 15 is 0 Å². The largest absolute Gasteiger partial charge is 0.469 e. The lowest BCUT2D eigenvalue weighted by Gasteiger charge is -2.47. The first-order valence-corrected chi connectivity index (χ1v) is 6.50. The zero-order valence-corrected chi connectivity index (χ0v) is 10.8. The lowest BCUT2D eigenvalue weighted by molar-refractivity contribution is -0.182. The van der Waals surface area contributed by atoms with Crippen LogP contribution in [0.4, 0.5) is 0 Å². The smallest absolute Gasteiger partial charge is 0.310 e. The van der Waals surface area contributed by atoms with Crippen molar-refractivity contribution < 1.29 is 28.6 Å². The molecule has 1 heterocycles. The van der Waals surface area contributed by atoms with Gasteiger partial charge < -0.3 is 14.2 Å². The van der Waals surface area contributed by atoms with E-state index in [2.05, 4.69) is 0 Å². The molecule has 0 spiro atoms. The fourth-order valence-electron chi connectivity index (χ4n) is 3.99. The number of rotatable bonds is 2. The Balaban J connectivity index is 1.96. The summed E-state index contributed by atoms with van der Waals surface area (Å²) in [4.78, 5) is 35.1. The van der Waals surface area contributed by atoms with Crippen molar-refractivity contribution in [2.75, 3.05) is 7.11 Å². The maximum atomic E-state index is 12.0. The van der Waals surface area contributed by atoms with Gasteiger partial charge >= 0.3 is 17.9 Å². The van der Waals surface area contributed by atoms with Crippen LogP contribution >= 0.6 is 0 Å². The summed E-state index contributed by atoms with van der Waals surface area (Å²) in [5, 5.41) is 0. The summed E-state index contributed by atoms with van der Waals surface area (Å²) >= 11 is 0. The lowest BCUT2D eigenvalue weighted by Crippen LogP contribution is -2.56. The second-order valence-corrected chi connectivity index (χ2v) is 5.46. The Kier molecular flexibility index (Phi) is 2.76. The highest BCUT2D eigenvalue weighted by molar-refractivity contribution is 5.85. The molecule has 0 radical (unpaired) electrons. The predicted molar refractivity (Wildman–Crippen MR) is 60.6 cm³/mol. The zero-order valence-electron chi connectivity index (χ0n) is 10.8. The Morgan fingerprint density at radius 1 is 1.26 bits per heavy atom. The van der Waals surface area contributed by atoms with E-state index in [1.165, 1.54) is 14.0 Å². The van der Waals surface area contributed by atoms with Crippen LogP contribution < -0.4 is 0 Å². The topological polar surface area (TPSA) is 78.9 Å². The number of fused-ring (bicyclic) bond motifs is 1. The molecule has 0 aromatic rings. The van der Waals surface area contributed by atoms with Gasteiger partial charge in [0.2, 0.25) is 0 Å². The summed E-state index contributed by atoms with van der Waals surface area (Å²) in [7, 11) is 1.31. The minimum absolute atomic E-state index is 0.0362. The normalized spacial score (nSPS) is 42.7. The Morgan fingerprint density at radius 2 is 1.95 bits per heavy atom. The summed E-state index contributed by atoms with van der Waals surface area (Å²) in [6, 6.07) is 0. The summed E-state index contributed by atoms with van der Waals surface area (Å²) in [5.41, 5.74) is 0. The Morgan fingerprint density at radius 3 is 2.58 bits per heavy atom. The fourth-order valence-corrected chi connectivity index (χ4v) is 3.99. The van der Waals surface area contributed by atoms with Gasteiger partial charge in [0.1, 0.15) is 12.2 Å². The van der Waals surface area contributed by atoms with Gasteiger partial charge in [-0.25, -0.2) is 0 Å². The second kappa shape index (κ2) is 4.21. The first-order chi connectivity index (χ1) is 9.04. The summed E-state index contributed by atoms with van der Waals surface area (Å²) in [5.74, 6) is -2.37. The molecule has 6 heteroatoms. The molecule has 4 fully saturated rings. The van der Waals surface area contributed by atoms with E-state index in [1.807, 2.05) is 0 Å². The Bertz CT molecular complexity index is 444. The van der Waals surface area contributed by atoms with Gasteiger partial charge in [0.25, 0.3) is 0 Å². The molecule has 3 aliphatic carbocycles. The van der Waals surface area contributed by atoms with Gasteiger partial charge in [-0.1, -0.05) is 0 Å². The van der Waals surface area contributed by atoms with Crippen LogP contribution in [0.25, 0.3) is 0 Å². The molecule has 0 N–H and O–H groups in total. The third-order valence-corrected chi connectivity index (χ3v) is 4.61. The quantitative estimate of drug-likeness (QED) is 0.529. The van der Waals surface area contributed by atoms with Crippen molar-refractivity contribution >= 4 is 17.9 Å². The fraction of sp³-hybridized carbons (Fsp3) is 0.769. The van der Waals surface area contributed by atoms with Crippen molar-refractivity contribution in [3.63, 3.8) is 0 Å². The van der Waals surface area contributed by atoms with E-state index in [-0.39, 0.29) is 23.9 Å². The summed E-state index contributed by atoms with van der Waals surface area (Å²) in [6.07, 6.45) is 0.687. The molecule has 0 aromatic heterocycles. The van der Waals surface area contributed by atoms with E-state index in [1.54, 1.807) is 0 Å². The van der Waals surface area contributed by atoms with Crippen LogP contribution in [0.5, 0.6) is 0 Å². The van der Waals surface area contributed by atoms with E-state index < -0.39 is 29.9 Å². The second-order valence-electron chi connectivity index (χ2n) is 5.46. The summed E-state index contributed by atoms with van der Waals surface area (Å²) < 4.78 is 15.4. The van der Waals surface area contributed by atoms with Crippen molar-refractivity contribution in [3.05, 3.63) is 0 Å².